The van der Waals surface area contributed by atoms with Gasteiger partial charge in [-0.2, -0.15) is 0 Å². The van der Waals surface area contributed by atoms with Gasteiger partial charge in [0.1, 0.15) is 0 Å². The Kier molecular flexibility index (Phi) is 3.73. The Morgan fingerprint density at radius 3 is 2.60 bits per heavy atom. The molecule has 1 saturated carbocycles. The minimum atomic E-state index is -0.888. The topological polar surface area (TPSA) is 66.4 Å². The zero-order valence-corrected chi connectivity index (χ0v) is 8.69. The lowest BCUT2D eigenvalue weighted by Gasteiger charge is -2.16. The number of carboxylic acids is 1. The van der Waals surface area contributed by atoms with Gasteiger partial charge in [0, 0.05) is 0 Å². The average molecular weight is 209 g/mol. The second kappa shape index (κ2) is 4.83. The lowest BCUT2D eigenvalue weighted by molar-refractivity contribution is -0.146. The fourth-order valence-corrected chi connectivity index (χ4v) is 1.93. The molecule has 0 bridgehead atoms. The SMILES string of the molecule is C#CC(C)NC(=O)[C@@H]1CCC[C@@H]1C(=O)O. The molecular weight excluding hydrogens is 194 g/mol. The van der Waals surface area contributed by atoms with E-state index in [1.54, 1.807) is 6.92 Å². The number of carbonyl (C=O) groups excluding carboxylic acids is 1. The van der Waals surface area contributed by atoms with Gasteiger partial charge in [0.25, 0.3) is 0 Å². The van der Waals surface area contributed by atoms with Crippen LogP contribution in [0.1, 0.15) is 26.2 Å². The molecule has 0 radical (unpaired) electrons. The molecule has 1 aliphatic carbocycles. The summed E-state index contributed by atoms with van der Waals surface area (Å²) in [6.07, 6.45) is 7.14. The second-order valence-corrected chi connectivity index (χ2v) is 3.88. The van der Waals surface area contributed by atoms with Crippen LogP contribution in [-0.4, -0.2) is 23.0 Å². The van der Waals surface area contributed by atoms with E-state index >= 15 is 0 Å². The van der Waals surface area contributed by atoms with Crippen molar-refractivity contribution in [3.8, 4) is 12.3 Å². The van der Waals surface area contributed by atoms with Crippen molar-refractivity contribution in [3.05, 3.63) is 0 Å². The van der Waals surface area contributed by atoms with Gasteiger partial charge in [0.2, 0.25) is 5.91 Å². The maximum absolute atomic E-state index is 11.7. The normalized spacial score (nSPS) is 26.7. The number of nitrogens with one attached hydrogen (secondary N) is 1. The molecule has 0 heterocycles. The van der Waals surface area contributed by atoms with Crippen molar-refractivity contribution in [2.24, 2.45) is 11.8 Å². The molecule has 1 fully saturated rings. The predicted octanol–water partition coefficient (Wildman–Crippen LogP) is 0.625. The van der Waals surface area contributed by atoms with Crippen LogP contribution in [0.15, 0.2) is 0 Å². The molecule has 0 saturated heterocycles. The van der Waals surface area contributed by atoms with Gasteiger partial charge in [-0.3, -0.25) is 9.59 Å². The van der Waals surface area contributed by atoms with Gasteiger partial charge in [0.05, 0.1) is 17.9 Å². The van der Waals surface area contributed by atoms with Crippen LogP contribution in [0.3, 0.4) is 0 Å². The van der Waals surface area contributed by atoms with E-state index in [1.807, 2.05) is 0 Å². The minimum Gasteiger partial charge on any atom is -0.481 e. The summed E-state index contributed by atoms with van der Waals surface area (Å²) in [5.74, 6) is 0.300. The number of hydrogen-bond donors (Lipinski definition) is 2. The summed E-state index contributed by atoms with van der Waals surface area (Å²) < 4.78 is 0. The molecule has 1 amide bonds. The quantitative estimate of drug-likeness (QED) is 0.670. The lowest BCUT2D eigenvalue weighted by Crippen LogP contribution is -2.39. The Hall–Kier alpha value is -1.50. The van der Waals surface area contributed by atoms with E-state index < -0.39 is 17.8 Å². The van der Waals surface area contributed by atoms with Crippen molar-refractivity contribution in [2.45, 2.75) is 32.2 Å². The molecule has 4 heteroatoms. The van der Waals surface area contributed by atoms with Crippen molar-refractivity contribution in [1.82, 2.24) is 5.32 Å². The molecule has 4 nitrogen and oxygen atoms in total. The summed E-state index contributed by atoms with van der Waals surface area (Å²) in [5, 5.41) is 11.5. The summed E-state index contributed by atoms with van der Waals surface area (Å²) in [6.45, 7) is 1.70. The van der Waals surface area contributed by atoms with E-state index in [4.69, 9.17) is 11.5 Å². The van der Waals surface area contributed by atoms with E-state index in [0.29, 0.717) is 12.8 Å². The van der Waals surface area contributed by atoms with E-state index in [-0.39, 0.29) is 11.9 Å². The Morgan fingerprint density at radius 2 is 2.07 bits per heavy atom. The fraction of sp³-hybridized carbons (Fsp3) is 0.636. The molecule has 3 atom stereocenters. The third-order valence-corrected chi connectivity index (χ3v) is 2.78. The molecule has 2 N–H and O–H groups in total. The highest BCUT2D eigenvalue weighted by Gasteiger charge is 2.37. The fourth-order valence-electron chi connectivity index (χ4n) is 1.93. The smallest absolute Gasteiger partial charge is 0.307 e. The first kappa shape index (κ1) is 11.6. The van der Waals surface area contributed by atoms with Crippen LogP contribution in [0.25, 0.3) is 0 Å². The first-order valence-electron chi connectivity index (χ1n) is 5.05. The van der Waals surface area contributed by atoms with Gasteiger partial charge in [-0.25, -0.2) is 0 Å². The maximum Gasteiger partial charge on any atom is 0.307 e. The summed E-state index contributed by atoms with van der Waals surface area (Å²) >= 11 is 0. The van der Waals surface area contributed by atoms with E-state index in [0.717, 1.165) is 6.42 Å². The van der Waals surface area contributed by atoms with Gasteiger partial charge in [-0.1, -0.05) is 12.3 Å². The number of amides is 1. The van der Waals surface area contributed by atoms with Gasteiger partial charge in [-0.05, 0) is 19.8 Å². The van der Waals surface area contributed by atoms with Crippen LogP contribution in [0.4, 0.5) is 0 Å². The van der Waals surface area contributed by atoms with Gasteiger partial charge in [-0.15, -0.1) is 6.42 Å². The highest BCUT2D eigenvalue weighted by atomic mass is 16.4. The number of rotatable bonds is 3. The van der Waals surface area contributed by atoms with Crippen LogP contribution in [0, 0.1) is 24.2 Å². The number of hydrogen-bond acceptors (Lipinski definition) is 2. The zero-order chi connectivity index (χ0) is 11.4. The molecule has 1 rings (SSSR count). The summed E-state index contributed by atoms with van der Waals surface area (Å²) in [6, 6.07) is -0.340. The first-order valence-corrected chi connectivity index (χ1v) is 5.05. The van der Waals surface area contributed by atoms with E-state index in [2.05, 4.69) is 11.2 Å². The number of carbonyl (C=O) groups is 2. The molecule has 0 aromatic carbocycles. The Balaban J connectivity index is 2.59. The van der Waals surface area contributed by atoms with Gasteiger partial charge in [0.15, 0.2) is 0 Å². The second-order valence-electron chi connectivity index (χ2n) is 3.88. The van der Waals surface area contributed by atoms with Crippen LogP contribution in [0.5, 0.6) is 0 Å². The monoisotopic (exact) mass is 209 g/mol. The largest absolute Gasteiger partial charge is 0.481 e. The molecule has 0 aliphatic heterocycles. The van der Waals surface area contributed by atoms with Crippen LogP contribution in [0.2, 0.25) is 0 Å². The zero-order valence-electron chi connectivity index (χ0n) is 8.69. The molecule has 82 valence electrons. The highest BCUT2D eigenvalue weighted by molar-refractivity contribution is 5.85. The molecule has 0 spiro atoms. The van der Waals surface area contributed by atoms with Crippen LogP contribution < -0.4 is 5.32 Å². The van der Waals surface area contributed by atoms with Crippen LogP contribution >= 0.6 is 0 Å². The van der Waals surface area contributed by atoms with Crippen molar-refractivity contribution < 1.29 is 14.7 Å². The number of aliphatic carboxylic acids is 1. The van der Waals surface area contributed by atoms with Gasteiger partial charge < -0.3 is 10.4 Å². The molecule has 1 unspecified atom stereocenters. The summed E-state index contributed by atoms with van der Waals surface area (Å²) in [4.78, 5) is 22.5. The van der Waals surface area contributed by atoms with E-state index in [9.17, 15) is 9.59 Å². The van der Waals surface area contributed by atoms with Crippen molar-refractivity contribution in [1.29, 1.82) is 0 Å². The Bertz CT molecular complexity index is 305. The molecule has 0 aromatic rings. The van der Waals surface area contributed by atoms with Crippen LogP contribution in [-0.2, 0) is 9.59 Å². The Labute approximate surface area is 89.0 Å². The number of carboxylic acid groups (broad SMARTS) is 1. The molecule has 15 heavy (non-hydrogen) atoms. The average Bonchev–Trinajstić information content (AvgIpc) is 2.65. The molecule has 1 aliphatic rings. The predicted molar refractivity (Wildman–Crippen MR) is 54.9 cm³/mol. The third kappa shape index (κ3) is 2.72. The van der Waals surface area contributed by atoms with Crippen molar-refractivity contribution in [2.75, 3.05) is 0 Å². The van der Waals surface area contributed by atoms with Gasteiger partial charge >= 0.3 is 5.97 Å². The third-order valence-electron chi connectivity index (χ3n) is 2.78. The molecule has 0 aromatic heterocycles. The summed E-state index contributed by atoms with van der Waals surface area (Å²) in [7, 11) is 0. The van der Waals surface area contributed by atoms with E-state index in [1.165, 1.54) is 0 Å². The number of terminal acetylenes is 1. The lowest BCUT2D eigenvalue weighted by atomic mass is 9.95. The Morgan fingerprint density at radius 1 is 1.47 bits per heavy atom. The molecular formula is C11H15NO3. The van der Waals surface area contributed by atoms with Crippen molar-refractivity contribution >= 4 is 11.9 Å². The van der Waals surface area contributed by atoms with Crippen molar-refractivity contribution in [3.63, 3.8) is 0 Å². The standard InChI is InChI=1S/C11H15NO3/c1-3-7(2)12-10(13)8-5-4-6-9(8)11(14)15/h1,7-9H,4-6H2,2H3,(H,12,13)(H,14,15)/t7?,8-,9+/m1/s1. The minimum absolute atomic E-state index is 0.231. The highest BCUT2D eigenvalue weighted by Crippen LogP contribution is 2.32. The first-order chi connectivity index (χ1) is 7.06. The summed E-state index contributed by atoms with van der Waals surface area (Å²) in [5.41, 5.74) is 0. The maximum atomic E-state index is 11.7.